The maximum atomic E-state index is 12.7. The Bertz CT molecular complexity index is 583. The van der Waals surface area contributed by atoms with Gasteiger partial charge in [-0.1, -0.05) is 29.8 Å². The summed E-state index contributed by atoms with van der Waals surface area (Å²) < 4.78 is 0. The fourth-order valence-electron chi connectivity index (χ4n) is 3.11. The molecule has 1 aliphatic heterocycles. The Labute approximate surface area is 128 Å². The molecule has 2 aliphatic rings. The van der Waals surface area contributed by atoms with Gasteiger partial charge < -0.3 is 10.0 Å². The molecule has 1 amide bonds. The van der Waals surface area contributed by atoms with Gasteiger partial charge in [0.1, 0.15) is 0 Å². The summed E-state index contributed by atoms with van der Waals surface area (Å²) in [6, 6.07) is 7.61. The molecule has 5 heteroatoms. The molecule has 1 atom stereocenters. The van der Waals surface area contributed by atoms with Crippen LogP contribution in [-0.2, 0) is 16.0 Å². The molecule has 1 heterocycles. The van der Waals surface area contributed by atoms with Gasteiger partial charge in [-0.25, -0.2) is 0 Å². The standard InChI is InChI=1S/C16H18ClNO3/c17-13-4-2-1-3-11(13)9-16(6-7-16)15(21)18-8-5-12(10-18)14(19)20/h1-4,12H,5-10H2,(H,19,20). The summed E-state index contributed by atoms with van der Waals surface area (Å²) >= 11 is 6.18. The molecular formula is C16H18ClNO3. The minimum absolute atomic E-state index is 0.103. The van der Waals surface area contributed by atoms with Crippen LogP contribution in [0, 0.1) is 11.3 Å². The van der Waals surface area contributed by atoms with Crippen molar-refractivity contribution in [2.24, 2.45) is 11.3 Å². The Hall–Kier alpha value is -1.55. The van der Waals surface area contributed by atoms with E-state index >= 15 is 0 Å². The third kappa shape index (κ3) is 2.77. The lowest BCUT2D eigenvalue weighted by atomic mass is 9.95. The molecule has 1 saturated heterocycles. The zero-order valence-electron chi connectivity index (χ0n) is 11.7. The van der Waals surface area contributed by atoms with Gasteiger partial charge in [0.15, 0.2) is 0 Å². The number of carboxylic acid groups (broad SMARTS) is 1. The highest BCUT2D eigenvalue weighted by Gasteiger charge is 2.52. The highest BCUT2D eigenvalue weighted by Crippen LogP contribution is 2.51. The number of hydrogen-bond donors (Lipinski definition) is 1. The van der Waals surface area contributed by atoms with Crippen LogP contribution in [0.3, 0.4) is 0 Å². The number of carbonyl (C=O) groups excluding carboxylic acids is 1. The largest absolute Gasteiger partial charge is 0.481 e. The smallest absolute Gasteiger partial charge is 0.308 e. The second kappa shape index (κ2) is 5.34. The molecule has 0 spiro atoms. The Kier molecular flexibility index (Phi) is 3.66. The maximum absolute atomic E-state index is 12.7. The van der Waals surface area contributed by atoms with Gasteiger partial charge in [-0.2, -0.15) is 0 Å². The first-order chi connectivity index (χ1) is 10.0. The van der Waals surface area contributed by atoms with Gasteiger partial charge >= 0.3 is 5.97 Å². The van der Waals surface area contributed by atoms with Crippen molar-refractivity contribution < 1.29 is 14.7 Å². The number of aliphatic carboxylic acids is 1. The lowest BCUT2D eigenvalue weighted by Crippen LogP contribution is -2.37. The second-order valence-corrected chi connectivity index (χ2v) is 6.53. The van der Waals surface area contributed by atoms with Crippen molar-refractivity contribution in [2.75, 3.05) is 13.1 Å². The number of amides is 1. The summed E-state index contributed by atoms with van der Waals surface area (Å²) in [5.41, 5.74) is 0.650. The van der Waals surface area contributed by atoms with E-state index in [2.05, 4.69) is 0 Å². The molecule has 1 aromatic rings. The molecule has 1 aromatic carbocycles. The third-order valence-corrected chi connectivity index (χ3v) is 4.99. The molecule has 1 saturated carbocycles. The summed E-state index contributed by atoms with van der Waals surface area (Å²) in [6.45, 7) is 0.901. The molecule has 1 unspecified atom stereocenters. The first kappa shape index (κ1) is 14.4. The van der Waals surface area contributed by atoms with Crippen LogP contribution in [-0.4, -0.2) is 35.0 Å². The zero-order chi connectivity index (χ0) is 15.0. The number of rotatable bonds is 4. The number of carboxylic acids is 1. The Morgan fingerprint density at radius 2 is 2.05 bits per heavy atom. The molecule has 21 heavy (non-hydrogen) atoms. The number of benzene rings is 1. The predicted molar refractivity (Wildman–Crippen MR) is 79.1 cm³/mol. The fourth-order valence-corrected chi connectivity index (χ4v) is 3.31. The molecule has 1 aliphatic carbocycles. The highest BCUT2D eigenvalue weighted by atomic mass is 35.5. The van der Waals surface area contributed by atoms with Crippen LogP contribution in [0.5, 0.6) is 0 Å². The van der Waals surface area contributed by atoms with Gasteiger partial charge in [0.2, 0.25) is 5.91 Å². The average Bonchev–Trinajstić information content (AvgIpc) is 3.06. The van der Waals surface area contributed by atoms with Crippen LogP contribution in [0.15, 0.2) is 24.3 Å². The first-order valence-corrected chi connectivity index (χ1v) is 7.65. The Balaban J connectivity index is 1.70. The van der Waals surface area contributed by atoms with E-state index in [9.17, 15) is 9.59 Å². The molecule has 1 N–H and O–H groups in total. The van der Waals surface area contributed by atoms with Gasteiger partial charge in [0, 0.05) is 18.1 Å². The molecular weight excluding hydrogens is 290 g/mol. The predicted octanol–water partition coefficient (Wildman–Crippen LogP) is 2.60. The Morgan fingerprint density at radius 1 is 1.33 bits per heavy atom. The van der Waals surface area contributed by atoms with Gasteiger partial charge in [0.05, 0.1) is 11.3 Å². The lowest BCUT2D eigenvalue weighted by molar-refractivity contribution is -0.141. The van der Waals surface area contributed by atoms with Crippen LogP contribution in [0.2, 0.25) is 5.02 Å². The first-order valence-electron chi connectivity index (χ1n) is 7.27. The van der Waals surface area contributed by atoms with Gasteiger partial charge in [-0.15, -0.1) is 0 Å². The van der Waals surface area contributed by atoms with Crippen molar-refractivity contribution in [1.29, 1.82) is 0 Å². The van der Waals surface area contributed by atoms with Crippen molar-refractivity contribution in [3.8, 4) is 0 Å². The lowest BCUT2D eigenvalue weighted by Gasteiger charge is -2.23. The van der Waals surface area contributed by atoms with E-state index < -0.39 is 11.9 Å². The summed E-state index contributed by atoms with van der Waals surface area (Å²) in [7, 11) is 0. The second-order valence-electron chi connectivity index (χ2n) is 6.12. The number of hydrogen-bond acceptors (Lipinski definition) is 2. The molecule has 0 bridgehead atoms. The van der Waals surface area contributed by atoms with Gasteiger partial charge in [-0.3, -0.25) is 9.59 Å². The molecule has 4 nitrogen and oxygen atoms in total. The summed E-state index contributed by atoms with van der Waals surface area (Å²) in [5.74, 6) is -1.11. The van der Waals surface area contributed by atoms with Crippen LogP contribution < -0.4 is 0 Å². The minimum atomic E-state index is -0.804. The van der Waals surface area contributed by atoms with E-state index in [4.69, 9.17) is 16.7 Å². The van der Waals surface area contributed by atoms with Gasteiger partial charge in [-0.05, 0) is 37.3 Å². The minimum Gasteiger partial charge on any atom is -0.481 e. The zero-order valence-corrected chi connectivity index (χ0v) is 12.5. The summed E-state index contributed by atoms with van der Waals surface area (Å²) in [4.78, 5) is 25.4. The maximum Gasteiger partial charge on any atom is 0.308 e. The normalized spacial score (nSPS) is 23.1. The molecule has 0 radical (unpaired) electrons. The van der Waals surface area contributed by atoms with E-state index in [-0.39, 0.29) is 11.3 Å². The highest BCUT2D eigenvalue weighted by molar-refractivity contribution is 6.31. The van der Waals surface area contributed by atoms with Crippen molar-refractivity contribution in [2.45, 2.75) is 25.7 Å². The molecule has 3 rings (SSSR count). The molecule has 2 fully saturated rings. The number of carbonyl (C=O) groups is 2. The van der Waals surface area contributed by atoms with E-state index in [0.29, 0.717) is 31.0 Å². The SMILES string of the molecule is O=C(O)C1CCN(C(=O)C2(Cc3ccccc3Cl)CC2)C1. The van der Waals surface area contributed by atoms with E-state index in [1.807, 2.05) is 24.3 Å². The monoisotopic (exact) mass is 307 g/mol. The number of likely N-dealkylation sites (tertiary alicyclic amines) is 1. The van der Waals surface area contributed by atoms with Crippen molar-refractivity contribution in [3.63, 3.8) is 0 Å². The quantitative estimate of drug-likeness (QED) is 0.930. The topological polar surface area (TPSA) is 57.6 Å². The van der Waals surface area contributed by atoms with Crippen molar-refractivity contribution >= 4 is 23.5 Å². The van der Waals surface area contributed by atoms with Crippen LogP contribution in [0.25, 0.3) is 0 Å². The number of halogens is 1. The van der Waals surface area contributed by atoms with Crippen molar-refractivity contribution in [3.05, 3.63) is 34.9 Å². The number of nitrogens with zero attached hydrogens (tertiary/aromatic N) is 1. The van der Waals surface area contributed by atoms with Gasteiger partial charge in [0.25, 0.3) is 0 Å². The average molecular weight is 308 g/mol. The molecule has 0 aromatic heterocycles. The molecule has 112 valence electrons. The van der Waals surface area contributed by atoms with Crippen LogP contribution >= 0.6 is 11.6 Å². The van der Waals surface area contributed by atoms with Crippen LogP contribution in [0.4, 0.5) is 0 Å². The Morgan fingerprint density at radius 3 is 2.62 bits per heavy atom. The van der Waals surface area contributed by atoms with Crippen molar-refractivity contribution in [1.82, 2.24) is 4.90 Å². The van der Waals surface area contributed by atoms with Crippen LogP contribution in [0.1, 0.15) is 24.8 Å². The fraction of sp³-hybridized carbons (Fsp3) is 0.500. The van der Waals surface area contributed by atoms with E-state index in [1.54, 1.807) is 4.90 Å². The van der Waals surface area contributed by atoms with E-state index in [1.165, 1.54) is 0 Å². The third-order valence-electron chi connectivity index (χ3n) is 4.62. The summed E-state index contributed by atoms with van der Waals surface area (Å²) in [6.07, 6.45) is 2.94. The van der Waals surface area contributed by atoms with E-state index in [0.717, 1.165) is 18.4 Å². The summed E-state index contributed by atoms with van der Waals surface area (Å²) in [5, 5.41) is 9.74.